The monoisotopic (exact) mass is 353 g/mol. The molecule has 1 saturated heterocycles. The summed E-state index contributed by atoms with van der Waals surface area (Å²) in [6, 6.07) is 7.90. The molecule has 2 N–H and O–H groups in total. The van der Waals surface area contributed by atoms with Gasteiger partial charge in [0.1, 0.15) is 0 Å². The van der Waals surface area contributed by atoms with Crippen molar-refractivity contribution in [2.75, 3.05) is 36.4 Å². The first-order valence-corrected chi connectivity index (χ1v) is 9.71. The third-order valence-corrected chi connectivity index (χ3v) is 5.34. The Morgan fingerprint density at radius 2 is 1.81 bits per heavy atom. The fourth-order valence-corrected chi connectivity index (χ4v) is 3.36. The molecule has 1 aromatic carbocycles. The van der Waals surface area contributed by atoms with Crippen LogP contribution < -0.4 is 15.5 Å². The van der Waals surface area contributed by atoms with E-state index in [4.69, 9.17) is 9.97 Å². The zero-order valence-electron chi connectivity index (χ0n) is 15.4. The summed E-state index contributed by atoms with van der Waals surface area (Å²) in [5.41, 5.74) is 1.74. The zero-order valence-corrected chi connectivity index (χ0v) is 15.4. The maximum atomic E-state index is 12.1. The summed E-state index contributed by atoms with van der Waals surface area (Å²) >= 11 is 0. The Kier molecular flexibility index (Phi) is 4.91. The van der Waals surface area contributed by atoms with Crippen LogP contribution in [-0.2, 0) is 4.79 Å². The molecule has 0 radical (unpaired) electrons. The molecule has 1 aliphatic heterocycles. The molecule has 0 unspecified atom stereocenters. The van der Waals surface area contributed by atoms with Crippen LogP contribution in [0.2, 0.25) is 0 Å². The summed E-state index contributed by atoms with van der Waals surface area (Å²) in [7, 11) is 0. The second-order valence-corrected chi connectivity index (χ2v) is 7.66. The lowest BCUT2D eigenvalue weighted by Crippen LogP contribution is -2.35. The quantitative estimate of drug-likeness (QED) is 0.836. The van der Waals surface area contributed by atoms with Crippen molar-refractivity contribution in [3.63, 3.8) is 0 Å². The van der Waals surface area contributed by atoms with Crippen LogP contribution in [0.25, 0.3) is 11.0 Å². The molecule has 138 valence electrons. The number of fused-ring (bicyclic) bond motifs is 1. The second kappa shape index (κ2) is 7.48. The van der Waals surface area contributed by atoms with Gasteiger partial charge in [0.2, 0.25) is 5.91 Å². The molecule has 2 aromatic rings. The summed E-state index contributed by atoms with van der Waals surface area (Å²) < 4.78 is 0. The summed E-state index contributed by atoms with van der Waals surface area (Å²) in [4.78, 5) is 24.0. The maximum Gasteiger partial charge on any atom is 0.239 e. The van der Waals surface area contributed by atoms with Gasteiger partial charge in [0.15, 0.2) is 11.6 Å². The summed E-state index contributed by atoms with van der Waals surface area (Å²) in [6.45, 7) is 5.29. The van der Waals surface area contributed by atoms with Crippen LogP contribution in [0, 0.1) is 11.8 Å². The molecule has 0 atom stereocenters. The Labute approximate surface area is 154 Å². The highest BCUT2D eigenvalue weighted by Crippen LogP contribution is 2.29. The molecule has 6 nitrogen and oxygen atoms in total. The summed E-state index contributed by atoms with van der Waals surface area (Å²) in [5.74, 6) is 3.03. The minimum absolute atomic E-state index is 0.0186. The number of amides is 1. The van der Waals surface area contributed by atoms with Gasteiger partial charge in [-0.3, -0.25) is 4.79 Å². The number of piperidine rings is 1. The molecule has 1 amide bonds. The average Bonchev–Trinajstić information content (AvgIpc) is 3.49. The van der Waals surface area contributed by atoms with E-state index in [1.165, 1.54) is 12.8 Å². The van der Waals surface area contributed by atoms with Crippen LogP contribution >= 0.6 is 0 Å². The number of carbonyl (C=O) groups is 1. The first-order valence-electron chi connectivity index (χ1n) is 9.71. The Hall–Kier alpha value is -2.37. The SMILES string of the molecule is CC1CCN(c2nc3ccccc3nc2NCC(=O)NCC2CC2)CC1. The van der Waals surface area contributed by atoms with Crippen LogP contribution in [-0.4, -0.2) is 42.1 Å². The van der Waals surface area contributed by atoms with Crippen LogP contribution in [0.3, 0.4) is 0 Å². The molecule has 1 aromatic heterocycles. The molecular weight excluding hydrogens is 326 g/mol. The summed E-state index contributed by atoms with van der Waals surface area (Å²) in [6.07, 6.45) is 4.80. The van der Waals surface area contributed by atoms with Gasteiger partial charge in [-0.05, 0) is 49.7 Å². The number of nitrogens with one attached hydrogen (secondary N) is 2. The molecule has 1 saturated carbocycles. The van der Waals surface area contributed by atoms with E-state index < -0.39 is 0 Å². The lowest BCUT2D eigenvalue weighted by atomic mass is 9.99. The van der Waals surface area contributed by atoms with E-state index in [1.54, 1.807) is 0 Å². The van der Waals surface area contributed by atoms with E-state index >= 15 is 0 Å². The summed E-state index contributed by atoms with van der Waals surface area (Å²) in [5, 5.41) is 6.22. The van der Waals surface area contributed by atoms with Gasteiger partial charge in [0, 0.05) is 19.6 Å². The number of para-hydroxylation sites is 2. The Morgan fingerprint density at radius 3 is 2.50 bits per heavy atom. The first-order chi connectivity index (χ1) is 12.7. The van der Waals surface area contributed by atoms with Crippen LogP contribution in [0.15, 0.2) is 24.3 Å². The van der Waals surface area contributed by atoms with Gasteiger partial charge in [-0.25, -0.2) is 9.97 Å². The Balaban J connectivity index is 1.52. The second-order valence-electron chi connectivity index (χ2n) is 7.66. The van der Waals surface area contributed by atoms with Crippen molar-refractivity contribution in [2.24, 2.45) is 11.8 Å². The smallest absolute Gasteiger partial charge is 0.239 e. The third kappa shape index (κ3) is 4.06. The van der Waals surface area contributed by atoms with Crippen molar-refractivity contribution >= 4 is 28.6 Å². The van der Waals surface area contributed by atoms with Crippen molar-refractivity contribution in [3.05, 3.63) is 24.3 Å². The largest absolute Gasteiger partial charge is 0.358 e. The molecule has 1 aliphatic carbocycles. The normalized spacial score (nSPS) is 18.1. The van der Waals surface area contributed by atoms with Gasteiger partial charge < -0.3 is 15.5 Å². The van der Waals surface area contributed by atoms with Crippen LogP contribution in [0.5, 0.6) is 0 Å². The topological polar surface area (TPSA) is 70.2 Å². The number of aromatic nitrogens is 2. The van der Waals surface area contributed by atoms with Gasteiger partial charge >= 0.3 is 0 Å². The van der Waals surface area contributed by atoms with Gasteiger partial charge in [0.25, 0.3) is 0 Å². The molecule has 0 bridgehead atoms. The molecule has 26 heavy (non-hydrogen) atoms. The maximum absolute atomic E-state index is 12.1. The van der Waals surface area contributed by atoms with E-state index in [2.05, 4.69) is 22.5 Å². The first kappa shape index (κ1) is 17.1. The van der Waals surface area contributed by atoms with Gasteiger partial charge in [0.05, 0.1) is 17.6 Å². The van der Waals surface area contributed by atoms with Crippen LogP contribution in [0.4, 0.5) is 11.6 Å². The highest BCUT2D eigenvalue weighted by Gasteiger charge is 2.23. The minimum Gasteiger partial charge on any atom is -0.358 e. The fraction of sp³-hybridized carbons (Fsp3) is 0.550. The molecule has 6 heteroatoms. The van der Waals surface area contributed by atoms with Gasteiger partial charge in [-0.2, -0.15) is 0 Å². The minimum atomic E-state index is 0.0186. The van der Waals surface area contributed by atoms with Crippen molar-refractivity contribution in [2.45, 2.75) is 32.6 Å². The predicted molar refractivity (Wildman–Crippen MR) is 104 cm³/mol. The van der Waals surface area contributed by atoms with E-state index in [0.29, 0.717) is 11.7 Å². The highest BCUT2D eigenvalue weighted by atomic mass is 16.1. The van der Waals surface area contributed by atoms with Crippen molar-refractivity contribution in [3.8, 4) is 0 Å². The molecular formula is C20H27N5O. The van der Waals surface area contributed by atoms with E-state index in [9.17, 15) is 4.79 Å². The molecule has 2 fully saturated rings. The highest BCUT2D eigenvalue weighted by molar-refractivity contribution is 5.84. The van der Waals surface area contributed by atoms with Crippen molar-refractivity contribution in [1.29, 1.82) is 0 Å². The molecule has 2 heterocycles. The predicted octanol–water partition coefficient (Wildman–Crippen LogP) is 2.80. The Bertz CT molecular complexity index is 781. The van der Waals surface area contributed by atoms with Crippen LogP contribution in [0.1, 0.15) is 32.6 Å². The number of carbonyl (C=O) groups excluding carboxylic acids is 1. The number of rotatable bonds is 6. The number of benzene rings is 1. The van der Waals surface area contributed by atoms with Crippen molar-refractivity contribution in [1.82, 2.24) is 15.3 Å². The van der Waals surface area contributed by atoms with Gasteiger partial charge in [-0.15, -0.1) is 0 Å². The lowest BCUT2D eigenvalue weighted by molar-refractivity contribution is -0.119. The van der Waals surface area contributed by atoms with E-state index in [-0.39, 0.29) is 12.5 Å². The average molecular weight is 353 g/mol. The number of nitrogens with zero attached hydrogens (tertiary/aromatic N) is 3. The molecule has 2 aliphatic rings. The number of hydrogen-bond acceptors (Lipinski definition) is 5. The molecule has 4 rings (SSSR count). The lowest BCUT2D eigenvalue weighted by Gasteiger charge is -2.32. The van der Waals surface area contributed by atoms with E-state index in [0.717, 1.165) is 55.2 Å². The zero-order chi connectivity index (χ0) is 17.9. The standard InChI is InChI=1S/C20H27N5O/c1-14-8-10-25(11-9-14)20-19(22-13-18(26)21-12-15-6-7-15)23-16-4-2-3-5-17(16)24-20/h2-5,14-15H,6-13H2,1H3,(H,21,26)(H,22,23). The Morgan fingerprint density at radius 1 is 1.12 bits per heavy atom. The number of hydrogen-bond donors (Lipinski definition) is 2. The third-order valence-electron chi connectivity index (χ3n) is 5.34. The van der Waals surface area contributed by atoms with Crippen molar-refractivity contribution < 1.29 is 4.79 Å². The molecule has 0 spiro atoms. The fourth-order valence-electron chi connectivity index (χ4n) is 3.36. The van der Waals surface area contributed by atoms with Gasteiger partial charge in [-0.1, -0.05) is 19.1 Å². The van der Waals surface area contributed by atoms with E-state index in [1.807, 2.05) is 24.3 Å². The number of anilines is 2.